The lowest BCUT2D eigenvalue weighted by Crippen LogP contribution is -1.71. The molecule has 0 saturated carbocycles. The highest BCUT2D eigenvalue weighted by atomic mass is 19.1. The monoisotopic (exact) mass is 115 g/mol. The zero-order valence-corrected chi connectivity index (χ0v) is 5.40. The van der Waals surface area contributed by atoms with E-state index in [1.807, 2.05) is 0 Å². The molecule has 0 bridgehead atoms. The van der Waals surface area contributed by atoms with Crippen molar-refractivity contribution in [2.75, 3.05) is 0 Å². The smallest absolute Gasteiger partial charge is 0.118 e. The largest absolute Gasteiger partial charge is 0.264 e. The maximum atomic E-state index is 12.0. The van der Waals surface area contributed by atoms with Gasteiger partial charge >= 0.3 is 0 Å². The SMILES string of the molecule is C/C=N\C(C)=C(/C)F. The van der Waals surface area contributed by atoms with E-state index in [-0.39, 0.29) is 5.83 Å². The van der Waals surface area contributed by atoms with Gasteiger partial charge in [-0.2, -0.15) is 0 Å². The molecular weight excluding hydrogens is 105 g/mol. The van der Waals surface area contributed by atoms with Crippen LogP contribution in [0, 0.1) is 0 Å². The van der Waals surface area contributed by atoms with E-state index in [0.717, 1.165) is 0 Å². The van der Waals surface area contributed by atoms with Crippen LogP contribution in [0.15, 0.2) is 16.5 Å². The Balaban J connectivity index is 4.00. The van der Waals surface area contributed by atoms with Crippen molar-refractivity contribution in [1.82, 2.24) is 0 Å². The summed E-state index contributed by atoms with van der Waals surface area (Å²) in [7, 11) is 0. The Morgan fingerprint density at radius 2 is 2.00 bits per heavy atom. The number of hydrogen-bond donors (Lipinski definition) is 0. The average molecular weight is 115 g/mol. The summed E-state index contributed by atoms with van der Waals surface area (Å²) in [5, 5.41) is 0. The number of rotatable bonds is 1. The van der Waals surface area contributed by atoms with E-state index in [1.54, 1.807) is 20.1 Å². The van der Waals surface area contributed by atoms with Crippen LogP contribution < -0.4 is 0 Å². The highest BCUT2D eigenvalue weighted by molar-refractivity contribution is 5.55. The number of nitrogens with zero attached hydrogens (tertiary/aromatic N) is 1. The fraction of sp³-hybridized carbons (Fsp3) is 0.500. The van der Waals surface area contributed by atoms with E-state index in [9.17, 15) is 4.39 Å². The van der Waals surface area contributed by atoms with Gasteiger partial charge in [0.25, 0.3) is 0 Å². The predicted molar refractivity (Wildman–Crippen MR) is 33.6 cm³/mol. The van der Waals surface area contributed by atoms with Gasteiger partial charge in [0.1, 0.15) is 5.83 Å². The second-order valence-electron chi connectivity index (χ2n) is 1.51. The molecule has 0 rings (SSSR count). The summed E-state index contributed by atoms with van der Waals surface area (Å²) in [4.78, 5) is 3.70. The first-order valence-electron chi connectivity index (χ1n) is 2.50. The summed E-state index contributed by atoms with van der Waals surface area (Å²) < 4.78 is 12.0. The van der Waals surface area contributed by atoms with Crippen molar-refractivity contribution in [2.24, 2.45) is 4.99 Å². The molecule has 0 saturated heterocycles. The molecule has 0 fully saturated rings. The Hall–Kier alpha value is -0.660. The molecule has 0 aromatic carbocycles. The number of hydrogen-bond acceptors (Lipinski definition) is 1. The summed E-state index contributed by atoms with van der Waals surface area (Å²) in [6.45, 7) is 4.78. The van der Waals surface area contributed by atoms with E-state index in [0.29, 0.717) is 5.70 Å². The third-order valence-corrected chi connectivity index (χ3v) is 0.821. The summed E-state index contributed by atoms with van der Waals surface area (Å²) in [5.74, 6) is -0.219. The standard InChI is InChI=1S/C6H10FN/c1-4-8-6(3)5(2)7/h4H,1-3H3/b6-5+,8-4-. The van der Waals surface area contributed by atoms with Gasteiger partial charge in [0.15, 0.2) is 0 Å². The van der Waals surface area contributed by atoms with Gasteiger partial charge in [-0.15, -0.1) is 0 Å². The van der Waals surface area contributed by atoms with Crippen LogP contribution >= 0.6 is 0 Å². The molecule has 0 atom stereocenters. The molecular formula is C6H10FN. The number of aliphatic imine (C=N–C) groups is 1. The lowest BCUT2D eigenvalue weighted by Gasteiger charge is -1.87. The molecule has 0 aliphatic heterocycles. The fourth-order valence-corrected chi connectivity index (χ4v) is 0.283. The Kier molecular flexibility index (Phi) is 3.08. The Morgan fingerprint density at radius 3 is 2.12 bits per heavy atom. The third kappa shape index (κ3) is 2.50. The molecule has 1 nitrogen and oxygen atoms in total. The Labute approximate surface area is 48.9 Å². The zero-order valence-electron chi connectivity index (χ0n) is 5.40. The number of halogens is 1. The van der Waals surface area contributed by atoms with Gasteiger partial charge in [-0.25, -0.2) is 4.39 Å². The van der Waals surface area contributed by atoms with Crippen LogP contribution in [0.5, 0.6) is 0 Å². The van der Waals surface area contributed by atoms with Crippen molar-refractivity contribution in [3.63, 3.8) is 0 Å². The minimum Gasteiger partial charge on any atom is -0.264 e. The van der Waals surface area contributed by atoms with E-state index in [1.165, 1.54) is 6.92 Å². The van der Waals surface area contributed by atoms with Crippen LogP contribution in [0.4, 0.5) is 4.39 Å². The van der Waals surface area contributed by atoms with Crippen LogP contribution in [0.2, 0.25) is 0 Å². The highest BCUT2D eigenvalue weighted by Gasteiger charge is 1.86. The maximum Gasteiger partial charge on any atom is 0.118 e. The van der Waals surface area contributed by atoms with Crippen LogP contribution in [0.3, 0.4) is 0 Å². The van der Waals surface area contributed by atoms with Crippen molar-refractivity contribution in [3.8, 4) is 0 Å². The first-order chi connectivity index (χ1) is 3.68. The van der Waals surface area contributed by atoms with E-state index in [4.69, 9.17) is 0 Å². The zero-order chi connectivity index (χ0) is 6.57. The summed E-state index contributed by atoms with van der Waals surface area (Å²) >= 11 is 0. The normalized spacial score (nSPS) is 14.5. The minimum absolute atomic E-state index is 0.219. The van der Waals surface area contributed by atoms with E-state index in [2.05, 4.69) is 4.99 Å². The first kappa shape index (κ1) is 7.34. The second kappa shape index (κ2) is 3.36. The maximum absolute atomic E-state index is 12.0. The van der Waals surface area contributed by atoms with Gasteiger partial charge in [-0.1, -0.05) is 0 Å². The van der Waals surface area contributed by atoms with Crippen LogP contribution in [-0.4, -0.2) is 6.21 Å². The predicted octanol–water partition coefficient (Wildman–Crippen LogP) is 2.30. The molecule has 0 aliphatic rings. The molecule has 2 heteroatoms. The van der Waals surface area contributed by atoms with Gasteiger partial charge in [0, 0.05) is 6.21 Å². The average Bonchev–Trinajstić information content (AvgIpc) is 1.67. The Morgan fingerprint density at radius 1 is 1.50 bits per heavy atom. The topological polar surface area (TPSA) is 12.4 Å². The third-order valence-electron chi connectivity index (χ3n) is 0.821. The van der Waals surface area contributed by atoms with Crippen molar-refractivity contribution in [3.05, 3.63) is 11.5 Å². The first-order valence-corrected chi connectivity index (χ1v) is 2.50. The molecule has 0 amide bonds. The summed E-state index contributed by atoms with van der Waals surface area (Å²) in [5.41, 5.74) is 0.451. The van der Waals surface area contributed by atoms with Gasteiger partial charge in [0.2, 0.25) is 0 Å². The van der Waals surface area contributed by atoms with Crippen molar-refractivity contribution < 1.29 is 4.39 Å². The van der Waals surface area contributed by atoms with Crippen LogP contribution in [-0.2, 0) is 0 Å². The minimum atomic E-state index is -0.219. The molecule has 0 spiro atoms. The lowest BCUT2D eigenvalue weighted by molar-refractivity contribution is 0.626. The molecule has 46 valence electrons. The highest BCUT2D eigenvalue weighted by Crippen LogP contribution is 2.03. The molecule has 0 aliphatic carbocycles. The molecule has 0 unspecified atom stereocenters. The fourth-order valence-electron chi connectivity index (χ4n) is 0.283. The van der Waals surface area contributed by atoms with E-state index < -0.39 is 0 Å². The van der Waals surface area contributed by atoms with Gasteiger partial charge in [-0.3, -0.25) is 4.99 Å². The Bertz CT molecular complexity index is 120. The van der Waals surface area contributed by atoms with Crippen molar-refractivity contribution in [1.29, 1.82) is 0 Å². The molecule has 8 heavy (non-hydrogen) atoms. The molecule has 0 N–H and O–H groups in total. The lowest BCUT2D eigenvalue weighted by atomic mass is 10.4. The summed E-state index contributed by atoms with van der Waals surface area (Å²) in [6, 6.07) is 0. The van der Waals surface area contributed by atoms with Crippen molar-refractivity contribution in [2.45, 2.75) is 20.8 Å². The van der Waals surface area contributed by atoms with Crippen LogP contribution in [0.1, 0.15) is 20.8 Å². The van der Waals surface area contributed by atoms with E-state index >= 15 is 0 Å². The summed E-state index contributed by atoms with van der Waals surface area (Å²) in [6.07, 6.45) is 1.57. The van der Waals surface area contributed by atoms with Gasteiger partial charge < -0.3 is 0 Å². The molecule has 0 aromatic rings. The molecule has 0 aromatic heterocycles. The second-order valence-corrected chi connectivity index (χ2v) is 1.51. The van der Waals surface area contributed by atoms with Crippen molar-refractivity contribution >= 4 is 6.21 Å². The quantitative estimate of drug-likeness (QED) is 0.465. The number of allylic oxidation sites excluding steroid dienone is 2. The van der Waals surface area contributed by atoms with Gasteiger partial charge in [-0.05, 0) is 20.8 Å². The molecule has 0 heterocycles. The van der Waals surface area contributed by atoms with Crippen LogP contribution in [0.25, 0.3) is 0 Å². The molecule has 0 radical (unpaired) electrons. The van der Waals surface area contributed by atoms with Gasteiger partial charge in [0.05, 0.1) is 5.70 Å².